The first-order chi connectivity index (χ1) is 16.5. The number of amides is 3. The molecule has 6 unspecified atom stereocenters. The fourth-order valence-corrected chi connectivity index (χ4v) is 3.35. The molecule has 0 saturated heterocycles. The molecule has 0 radical (unpaired) electrons. The molecular formula is C22H39N7O6. The van der Waals surface area contributed by atoms with Gasteiger partial charge < -0.3 is 42.6 Å². The fraction of sp³-hybridized carbons (Fsp3) is 0.682. The number of aromatic amines is 1. The molecule has 1 aromatic rings. The third kappa shape index (κ3) is 10.0. The van der Waals surface area contributed by atoms with Gasteiger partial charge in [0.15, 0.2) is 0 Å². The van der Waals surface area contributed by atoms with Crippen molar-refractivity contribution in [3.05, 3.63) is 18.2 Å². The summed E-state index contributed by atoms with van der Waals surface area (Å²) in [6, 6.07) is -4.61. The van der Waals surface area contributed by atoms with Gasteiger partial charge in [0, 0.05) is 18.3 Å². The zero-order chi connectivity index (χ0) is 26.5. The van der Waals surface area contributed by atoms with Gasteiger partial charge in [-0.3, -0.25) is 14.4 Å². The van der Waals surface area contributed by atoms with Gasteiger partial charge in [0.05, 0.1) is 18.5 Å². The van der Waals surface area contributed by atoms with Gasteiger partial charge in [-0.05, 0) is 38.6 Å². The van der Waals surface area contributed by atoms with Gasteiger partial charge in [0.25, 0.3) is 0 Å². The highest BCUT2D eigenvalue weighted by atomic mass is 16.4. The molecule has 0 aromatic carbocycles. The van der Waals surface area contributed by atoms with Crippen LogP contribution >= 0.6 is 0 Å². The highest BCUT2D eigenvalue weighted by Crippen LogP contribution is 2.09. The van der Waals surface area contributed by atoms with Crippen LogP contribution in [-0.4, -0.2) is 80.7 Å². The maximum Gasteiger partial charge on any atom is 0.326 e. The number of imidazole rings is 1. The van der Waals surface area contributed by atoms with Crippen molar-refractivity contribution in [3.8, 4) is 0 Å². The van der Waals surface area contributed by atoms with Crippen molar-refractivity contribution < 1.29 is 29.4 Å². The number of nitrogens with zero attached hydrogens (tertiary/aromatic N) is 1. The molecule has 10 N–H and O–H groups in total. The van der Waals surface area contributed by atoms with Crippen molar-refractivity contribution in [2.75, 3.05) is 6.54 Å². The van der Waals surface area contributed by atoms with Crippen LogP contribution in [0.5, 0.6) is 0 Å². The zero-order valence-electron chi connectivity index (χ0n) is 20.5. The van der Waals surface area contributed by atoms with Crippen LogP contribution in [0.3, 0.4) is 0 Å². The summed E-state index contributed by atoms with van der Waals surface area (Å²) in [4.78, 5) is 56.7. The second-order valence-corrected chi connectivity index (χ2v) is 8.67. The van der Waals surface area contributed by atoms with Crippen molar-refractivity contribution in [2.45, 2.75) is 83.1 Å². The van der Waals surface area contributed by atoms with Crippen LogP contribution in [0.4, 0.5) is 0 Å². The van der Waals surface area contributed by atoms with Gasteiger partial charge in [0.1, 0.15) is 18.1 Å². The number of carboxylic acid groups (broad SMARTS) is 1. The average Bonchev–Trinajstić information content (AvgIpc) is 3.31. The maximum atomic E-state index is 13.0. The van der Waals surface area contributed by atoms with Gasteiger partial charge in [-0.25, -0.2) is 9.78 Å². The van der Waals surface area contributed by atoms with Gasteiger partial charge >= 0.3 is 5.97 Å². The number of aromatic nitrogens is 2. The molecule has 1 aromatic heterocycles. The van der Waals surface area contributed by atoms with Gasteiger partial charge in [-0.15, -0.1) is 0 Å². The number of unbranched alkanes of at least 4 members (excludes halogenated alkanes) is 1. The molecule has 35 heavy (non-hydrogen) atoms. The van der Waals surface area contributed by atoms with Crippen LogP contribution in [0.15, 0.2) is 12.5 Å². The summed E-state index contributed by atoms with van der Waals surface area (Å²) in [5.41, 5.74) is 12.1. The lowest BCUT2D eigenvalue weighted by atomic mass is 9.98. The van der Waals surface area contributed by atoms with E-state index in [0.29, 0.717) is 31.5 Å². The van der Waals surface area contributed by atoms with E-state index in [0.717, 1.165) is 0 Å². The Bertz CT molecular complexity index is 817. The highest BCUT2D eigenvalue weighted by molar-refractivity contribution is 5.94. The Kier molecular flexibility index (Phi) is 12.9. The lowest BCUT2D eigenvalue weighted by molar-refractivity contribution is -0.144. The molecule has 6 atom stereocenters. The molecule has 1 rings (SSSR count). The van der Waals surface area contributed by atoms with Gasteiger partial charge in [-0.2, -0.15) is 0 Å². The van der Waals surface area contributed by atoms with E-state index in [2.05, 4.69) is 25.9 Å². The number of H-pyrrole nitrogens is 1. The summed E-state index contributed by atoms with van der Waals surface area (Å²) in [7, 11) is 0. The molecule has 1 heterocycles. The Balaban J connectivity index is 2.93. The second-order valence-electron chi connectivity index (χ2n) is 8.67. The van der Waals surface area contributed by atoms with E-state index >= 15 is 0 Å². The van der Waals surface area contributed by atoms with Crippen LogP contribution in [-0.2, 0) is 25.6 Å². The number of carbonyl (C=O) groups is 4. The van der Waals surface area contributed by atoms with Crippen molar-refractivity contribution in [1.82, 2.24) is 25.9 Å². The van der Waals surface area contributed by atoms with E-state index in [1.807, 2.05) is 0 Å². The quantitative estimate of drug-likeness (QED) is 0.123. The van der Waals surface area contributed by atoms with Crippen LogP contribution in [0.25, 0.3) is 0 Å². The minimum atomic E-state index is -1.43. The number of hydrogen-bond donors (Lipinski definition) is 8. The first kappa shape index (κ1) is 30.0. The normalized spacial score (nSPS) is 16.3. The Hall–Kier alpha value is -3.03. The monoisotopic (exact) mass is 497 g/mol. The second kappa shape index (κ2) is 15.1. The standard InChI is InChI=1S/C22H39N7O6/c1-4-12(2)17(22(34)35)28-21(33)18(13(3)30)29-20(32)16(7-5-6-8-23)27-19(31)15(24)9-14-10-25-11-26-14/h10-13,15-18,30H,4-9,23-24H2,1-3H3,(H,25,26)(H,27,31)(H,28,33)(H,29,32)(H,34,35). The molecule has 0 spiro atoms. The smallest absolute Gasteiger partial charge is 0.326 e. The molecule has 0 aliphatic rings. The minimum Gasteiger partial charge on any atom is -0.480 e. The van der Waals surface area contributed by atoms with Crippen molar-refractivity contribution in [2.24, 2.45) is 17.4 Å². The SMILES string of the molecule is CCC(C)C(NC(=O)C(NC(=O)C(CCCCN)NC(=O)C(N)Cc1cnc[nH]1)C(C)O)C(=O)O. The summed E-state index contributed by atoms with van der Waals surface area (Å²) >= 11 is 0. The van der Waals surface area contributed by atoms with E-state index < -0.39 is 54.0 Å². The molecular weight excluding hydrogens is 458 g/mol. The lowest BCUT2D eigenvalue weighted by Gasteiger charge is -2.27. The van der Waals surface area contributed by atoms with E-state index in [1.165, 1.54) is 19.4 Å². The van der Waals surface area contributed by atoms with Gasteiger partial charge in [0.2, 0.25) is 17.7 Å². The predicted octanol–water partition coefficient (Wildman–Crippen LogP) is -1.63. The summed E-state index contributed by atoms with van der Waals surface area (Å²) < 4.78 is 0. The molecule has 0 bridgehead atoms. The highest BCUT2D eigenvalue weighted by Gasteiger charge is 2.34. The summed E-state index contributed by atoms with van der Waals surface area (Å²) in [5, 5.41) is 27.0. The van der Waals surface area contributed by atoms with E-state index in [1.54, 1.807) is 13.8 Å². The van der Waals surface area contributed by atoms with Crippen molar-refractivity contribution in [1.29, 1.82) is 0 Å². The van der Waals surface area contributed by atoms with Crippen molar-refractivity contribution >= 4 is 23.7 Å². The van der Waals surface area contributed by atoms with Crippen LogP contribution in [0.1, 0.15) is 52.1 Å². The first-order valence-corrected chi connectivity index (χ1v) is 11.8. The number of aliphatic carboxylic acids is 1. The molecule has 0 saturated carbocycles. The van der Waals surface area contributed by atoms with E-state index in [-0.39, 0.29) is 18.8 Å². The number of nitrogens with two attached hydrogens (primary N) is 2. The molecule has 3 amide bonds. The van der Waals surface area contributed by atoms with Crippen LogP contribution in [0.2, 0.25) is 0 Å². The molecule has 0 aliphatic heterocycles. The largest absolute Gasteiger partial charge is 0.480 e. The Labute approximate surface area is 204 Å². The number of hydrogen-bond acceptors (Lipinski definition) is 8. The lowest BCUT2D eigenvalue weighted by Crippen LogP contribution is -2.60. The predicted molar refractivity (Wildman–Crippen MR) is 128 cm³/mol. The van der Waals surface area contributed by atoms with Gasteiger partial charge in [-0.1, -0.05) is 20.3 Å². The first-order valence-electron chi connectivity index (χ1n) is 11.8. The van der Waals surface area contributed by atoms with E-state index in [4.69, 9.17) is 11.5 Å². The number of carboxylic acids is 1. The molecule has 0 fully saturated rings. The Morgan fingerprint density at radius 1 is 1.06 bits per heavy atom. The zero-order valence-corrected chi connectivity index (χ0v) is 20.5. The summed E-state index contributed by atoms with van der Waals surface area (Å²) in [6.45, 7) is 5.15. The topological polar surface area (TPSA) is 226 Å². The minimum absolute atomic E-state index is 0.174. The Morgan fingerprint density at radius 2 is 1.71 bits per heavy atom. The third-order valence-electron chi connectivity index (χ3n) is 5.75. The number of carbonyl (C=O) groups excluding carboxylic acids is 3. The number of aliphatic hydroxyl groups is 1. The van der Waals surface area contributed by atoms with Crippen molar-refractivity contribution in [3.63, 3.8) is 0 Å². The number of aliphatic hydroxyl groups excluding tert-OH is 1. The molecule has 198 valence electrons. The fourth-order valence-electron chi connectivity index (χ4n) is 3.35. The Morgan fingerprint density at radius 3 is 2.23 bits per heavy atom. The summed E-state index contributed by atoms with van der Waals surface area (Å²) in [6.07, 6.45) is 3.69. The average molecular weight is 498 g/mol. The molecule has 13 nitrogen and oxygen atoms in total. The van der Waals surface area contributed by atoms with E-state index in [9.17, 15) is 29.4 Å². The molecule has 0 aliphatic carbocycles. The molecule has 13 heteroatoms. The number of rotatable bonds is 16. The summed E-state index contributed by atoms with van der Waals surface area (Å²) in [5.74, 6) is -3.72. The van der Waals surface area contributed by atoms with Crippen LogP contribution < -0.4 is 27.4 Å². The number of nitrogens with one attached hydrogen (secondary N) is 4. The third-order valence-corrected chi connectivity index (χ3v) is 5.75. The maximum absolute atomic E-state index is 13.0. The van der Waals surface area contributed by atoms with Crippen LogP contribution in [0, 0.1) is 5.92 Å².